The number of halogens is 5. The van der Waals surface area contributed by atoms with Crippen LogP contribution >= 0.6 is 23.2 Å². The highest BCUT2D eigenvalue weighted by Crippen LogP contribution is 2.44. The van der Waals surface area contributed by atoms with Gasteiger partial charge < -0.3 is 0 Å². The monoisotopic (exact) mass is 317 g/mol. The molecule has 1 aromatic carbocycles. The van der Waals surface area contributed by atoms with E-state index in [0.717, 1.165) is 18.9 Å². The molecule has 0 bridgehead atoms. The van der Waals surface area contributed by atoms with Crippen molar-refractivity contribution in [3.63, 3.8) is 0 Å². The Morgan fingerprint density at radius 3 is 2.35 bits per heavy atom. The molecule has 1 nitrogen and oxygen atoms in total. The Balaban J connectivity index is 2.21. The summed E-state index contributed by atoms with van der Waals surface area (Å²) >= 11 is 11.5. The van der Waals surface area contributed by atoms with E-state index in [2.05, 4.69) is 4.98 Å². The molecule has 1 saturated carbocycles. The molecule has 0 atom stereocenters. The van der Waals surface area contributed by atoms with Gasteiger partial charge in [0.05, 0.1) is 5.02 Å². The maximum absolute atomic E-state index is 14.4. The second-order valence-electron chi connectivity index (χ2n) is 4.72. The minimum Gasteiger partial charge on any atom is -0.233 e. The highest BCUT2D eigenvalue weighted by Gasteiger charge is 2.29. The molecule has 2 aromatic rings. The fourth-order valence-corrected chi connectivity index (χ4v) is 2.46. The van der Waals surface area contributed by atoms with Crippen LogP contribution in [0.2, 0.25) is 10.2 Å². The maximum atomic E-state index is 14.4. The van der Waals surface area contributed by atoms with Crippen LogP contribution in [0.15, 0.2) is 18.2 Å². The van der Waals surface area contributed by atoms with Crippen LogP contribution < -0.4 is 0 Å². The SMILES string of the molecule is Fc1cc(F)c(-c2nc(Cl)cc(C3CC3)c2F)cc1Cl. The van der Waals surface area contributed by atoms with Crippen LogP contribution in [-0.4, -0.2) is 4.98 Å². The lowest BCUT2D eigenvalue weighted by atomic mass is 10.0. The van der Waals surface area contributed by atoms with E-state index in [-0.39, 0.29) is 27.4 Å². The first-order chi connectivity index (χ1) is 9.47. The van der Waals surface area contributed by atoms with Crippen LogP contribution in [0.25, 0.3) is 11.3 Å². The van der Waals surface area contributed by atoms with Gasteiger partial charge in [-0.1, -0.05) is 23.2 Å². The third kappa shape index (κ3) is 2.38. The molecule has 1 aromatic heterocycles. The molecular weight excluding hydrogens is 310 g/mol. The maximum Gasteiger partial charge on any atom is 0.153 e. The number of pyridine rings is 1. The van der Waals surface area contributed by atoms with Gasteiger partial charge in [-0.2, -0.15) is 0 Å². The Hall–Kier alpha value is -1.26. The lowest BCUT2D eigenvalue weighted by molar-refractivity contribution is 0.579. The second-order valence-corrected chi connectivity index (χ2v) is 5.51. The van der Waals surface area contributed by atoms with Gasteiger partial charge in [0.15, 0.2) is 5.82 Å². The number of aromatic nitrogens is 1. The predicted molar refractivity (Wildman–Crippen MR) is 71.5 cm³/mol. The molecule has 6 heteroatoms. The van der Waals surface area contributed by atoms with E-state index in [9.17, 15) is 13.2 Å². The average Bonchev–Trinajstić information content (AvgIpc) is 3.21. The van der Waals surface area contributed by atoms with E-state index in [1.165, 1.54) is 6.07 Å². The second kappa shape index (κ2) is 4.93. The van der Waals surface area contributed by atoms with Crippen LogP contribution in [0.5, 0.6) is 0 Å². The highest BCUT2D eigenvalue weighted by molar-refractivity contribution is 6.31. The summed E-state index contributed by atoms with van der Waals surface area (Å²) in [5, 5.41) is -0.223. The van der Waals surface area contributed by atoms with Gasteiger partial charge in [0.2, 0.25) is 0 Å². The summed E-state index contributed by atoms with van der Waals surface area (Å²) in [4.78, 5) is 3.81. The first kappa shape index (κ1) is 13.7. The molecule has 20 heavy (non-hydrogen) atoms. The smallest absolute Gasteiger partial charge is 0.153 e. The summed E-state index contributed by atoms with van der Waals surface area (Å²) in [5.41, 5.74) is -0.0167. The summed E-state index contributed by atoms with van der Waals surface area (Å²) in [6.07, 6.45) is 1.73. The van der Waals surface area contributed by atoms with Gasteiger partial charge in [-0.05, 0) is 36.5 Å². The van der Waals surface area contributed by atoms with Crippen molar-refractivity contribution < 1.29 is 13.2 Å². The quantitative estimate of drug-likeness (QED) is 0.537. The molecule has 0 amide bonds. The Morgan fingerprint density at radius 2 is 1.70 bits per heavy atom. The molecule has 3 rings (SSSR count). The average molecular weight is 318 g/mol. The third-order valence-electron chi connectivity index (χ3n) is 3.24. The van der Waals surface area contributed by atoms with Crippen molar-refractivity contribution in [2.45, 2.75) is 18.8 Å². The molecular formula is C14H8Cl2F3N. The normalized spacial score (nSPS) is 14.7. The third-order valence-corrected chi connectivity index (χ3v) is 3.72. The van der Waals surface area contributed by atoms with Crippen LogP contribution in [0.3, 0.4) is 0 Å². The van der Waals surface area contributed by atoms with Crippen molar-refractivity contribution in [3.8, 4) is 11.3 Å². The number of hydrogen-bond acceptors (Lipinski definition) is 1. The molecule has 1 fully saturated rings. The summed E-state index contributed by atoms with van der Waals surface area (Å²) in [6, 6.07) is 3.07. The van der Waals surface area contributed by atoms with E-state index in [1.807, 2.05) is 0 Å². The lowest BCUT2D eigenvalue weighted by Crippen LogP contribution is -1.99. The summed E-state index contributed by atoms with van der Waals surface area (Å²) in [7, 11) is 0. The summed E-state index contributed by atoms with van der Waals surface area (Å²) < 4.78 is 41.4. The Kier molecular flexibility index (Phi) is 3.38. The predicted octanol–water partition coefficient (Wildman–Crippen LogP) is 5.35. The van der Waals surface area contributed by atoms with Gasteiger partial charge in [-0.15, -0.1) is 0 Å². The van der Waals surface area contributed by atoms with Gasteiger partial charge in [0.25, 0.3) is 0 Å². The molecule has 0 spiro atoms. The van der Waals surface area contributed by atoms with Crippen molar-refractivity contribution in [3.05, 3.63) is 51.4 Å². The molecule has 0 aliphatic heterocycles. The molecule has 0 saturated heterocycles. The van der Waals surface area contributed by atoms with Gasteiger partial charge in [0, 0.05) is 11.6 Å². The lowest BCUT2D eigenvalue weighted by Gasteiger charge is -2.10. The first-order valence-corrected chi connectivity index (χ1v) is 6.74. The van der Waals surface area contributed by atoms with Crippen molar-refractivity contribution >= 4 is 23.2 Å². The van der Waals surface area contributed by atoms with E-state index in [1.54, 1.807) is 0 Å². The fourth-order valence-electron chi connectivity index (χ4n) is 2.09. The van der Waals surface area contributed by atoms with Crippen molar-refractivity contribution in [1.29, 1.82) is 0 Å². The number of benzene rings is 1. The van der Waals surface area contributed by atoms with Crippen LogP contribution in [0.1, 0.15) is 24.3 Å². The van der Waals surface area contributed by atoms with E-state index < -0.39 is 17.5 Å². The van der Waals surface area contributed by atoms with Gasteiger partial charge in [-0.3, -0.25) is 0 Å². The summed E-state index contributed by atoms with van der Waals surface area (Å²) in [5.74, 6) is -2.37. The van der Waals surface area contributed by atoms with Gasteiger partial charge in [0.1, 0.15) is 22.5 Å². The first-order valence-electron chi connectivity index (χ1n) is 5.98. The van der Waals surface area contributed by atoms with Crippen LogP contribution in [-0.2, 0) is 0 Å². The zero-order chi connectivity index (χ0) is 14.4. The van der Waals surface area contributed by atoms with Crippen molar-refractivity contribution in [2.75, 3.05) is 0 Å². The zero-order valence-electron chi connectivity index (χ0n) is 10.1. The Bertz CT molecular complexity index is 699. The molecule has 0 N–H and O–H groups in total. The van der Waals surface area contributed by atoms with Gasteiger partial charge in [-0.25, -0.2) is 18.2 Å². The number of rotatable bonds is 2. The van der Waals surface area contributed by atoms with Crippen molar-refractivity contribution in [1.82, 2.24) is 4.98 Å². The molecule has 0 radical (unpaired) electrons. The highest BCUT2D eigenvalue weighted by atomic mass is 35.5. The largest absolute Gasteiger partial charge is 0.233 e. The topological polar surface area (TPSA) is 12.9 Å². The number of nitrogens with zero attached hydrogens (tertiary/aromatic N) is 1. The van der Waals surface area contributed by atoms with Crippen molar-refractivity contribution in [2.24, 2.45) is 0 Å². The standard InChI is InChI=1S/C14H8Cl2F3N/c15-9-3-8(10(17)5-11(9)18)14-13(19)7(6-1-2-6)4-12(16)20-14/h3-6H,1-2H2. The number of hydrogen-bond donors (Lipinski definition) is 0. The van der Waals surface area contributed by atoms with Crippen LogP contribution in [0.4, 0.5) is 13.2 Å². The Morgan fingerprint density at radius 1 is 1.00 bits per heavy atom. The molecule has 1 aliphatic rings. The fraction of sp³-hybridized carbons (Fsp3) is 0.214. The van der Waals surface area contributed by atoms with Gasteiger partial charge >= 0.3 is 0 Å². The van der Waals surface area contributed by atoms with E-state index in [4.69, 9.17) is 23.2 Å². The Labute approximate surface area is 123 Å². The minimum absolute atomic E-state index is 0.0724. The molecule has 0 unspecified atom stereocenters. The molecule has 1 aliphatic carbocycles. The molecule has 104 valence electrons. The van der Waals surface area contributed by atoms with E-state index >= 15 is 0 Å². The van der Waals surface area contributed by atoms with E-state index in [0.29, 0.717) is 11.6 Å². The molecule has 1 heterocycles. The summed E-state index contributed by atoms with van der Waals surface area (Å²) in [6.45, 7) is 0. The van der Waals surface area contributed by atoms with Crippen LogP contribution in [0, 0.1) is 17.5 Å². The zero-order valence-corrected chi connectivity index (χ0v) is 11.6. The minimum atomic E-state index is -0.928.